The van der Waals surface area contributed by atoms with Gasteiger partial charge in [-0.15, -0.1) is 0 Å². The largest absolute Gasteiger partial charge is 0.372 e. The van der Waals surface area contributed by atoms with Crippen LogP contribution in [0, 0.1) is 12.7 Å². The second kappa shape index (κ2) is 6.76. The summed E-state index contributed by atoms with van der Waals surface area (Å²) in [6.07, 6.45) is 4.16. The molecule has 3 heterocycles. The van der Waals surface area contributed by atoms with Crippen LogP contribution in [0.4, 0.5) is 10.1 Å². The summed E-state index contributed by atoms with van der Waals surface area (Å²) in [6.45, 7) is 3.52. The zero-order valence-electron chi connectivity index (χ0n) is 16.5. The molecule has 1 spiro atoms. The molecular formula is C24H24FN3O. The number of amides is 1. The number of anilines is 1. The molecule has 0 saturated carbocycles. The van der Waals surface area contributed by atoms with Crippen molar-refractivity contribution < 1.29 is 9.18 Å². The fourth-order valence-electron chi connectivity index (χ4n) is 4.67. The van der Waals surface area contributed by atoms with Crippen molar-refractivity contribution in [2.45, 2.75) is 31.7 Å². The number of hydrogen-bond donors (Lipinski definition) is 1. The van der Waals surface area contributed by atoms with Crippen LogP contribution in [0.2, 0.25) is 0 Å². The van der Waals surface area contributed by atoms with Crippen LogP contribution in [0.15, 0.2) is 60.8 Å². The van der Waals surface area contributed by atoms with Crippen LogP contribution in [0.25, 0.3) is 5.69 Å². The van der Waals surface area contributed by atoms with Gasteiger partial charge in [-0.1, -0.05) is 18.2 Å². The molecule has 5 heteroatoms. The van der Waals surface area contributed by atoms with E-state index in [9.17, 15) is 9.18 Å². The first-order valence-corrected chi connectivity index (χ1v) is 10.1. The Morgan fingerprint density at radius 3 is 2.62 bits per heavy atom. The number of hydrogen-bond acceptors (Lipinski definition) is 2. The van der Waals surface area contributed by atoms with E-state index in [2.05, 4.69) is 53.3 Å². The van der Waals surface area contributed by atoms with Gasteiger partial charge in [0.1, 0.15) is 5.82 Å². The van der Waals surface area contributed by atoms with Crippen molar-refractivity contribution in [1.82, 2.24) is 9.47 Å². The lowest BCUT2D eigenvalue weighted by Gasteiger charge is -2.46. The van der Waals surface area contributed by atoms with Gasteiger partial charge in [0, 0.05) is 25.0 Å². The van der Waals surface area contributed by atoms with E-state index in [1.165, 1.54) is 29.1 Å². The smallest absolute Gasteiger partial charge is 0.226 e. The molecule has 0 atom stereocenters. The van der Waals surface area contributed by atoms with E-state index in [-0.39, 0.29) is 17.3 Å². The Morgan fingerprint density at radius 1 is 1.10 bits per heavy atom. The number of nitrogens with one attached hydrogen (secondary N) is 1. The normalized spacial score (nSPS) is 16.8. The van der Waals surface area contributed by atoms with Gasteiger partial charge in [-0.2, -0.15) is 0 Å². The number of carbonyl (C=O) groups is 1. The van der Waals surface area contributed by atoms with Crippen molar-refractivity contribution in [3.63, 3.8) is 0 Å². The molecule has 1 amide bonds. The van der Waals surface area contributed by atoms with Gasteiger partial charge in [0.2, 0.25) is 5.91 Å². The van der Waals surface area contributed by atoms with E-state index < -0.39 is 0 Å². The minimum atomic E-state index is -0.275. The Balaban J connectivity index is 1.34. The molecule has 3 aromatic rings. The average Bonchev–Trinajstić information content (AvgIpc) is 3.21. The SMILES string of the molecule is Cc1ccc2c(c1)NC1(CCN(C(=O)Cc3ccc(F)cc3)CC1)c1cccn1-2. The number of halogens is 1. The van der Waals surface area contributed by atoms with E-state index in [0.29, 0.717) is 19.5 Å². The molecule has 29 heavy (non-hydrogen) atoms. The molecule has 148 valence electrons. The molecule has 5 rings (SSSR count). The number of rotatable bonds is 2. The molecule has 1 N–H and O–H groups in total. The summed E-state index contributed by atoms with van der Waals surface area (Å²) in [4.78, 5) is 14.7. The van der Waals surface area contributed by atoms with E-state index in [0.717, 1.165) is 24.1 Å². The summed E-state index contributed by atoms with van der Waals surface area (Å²) in [5, 5.41) is 3.81. The van der Waals surface area contributed by atoms with Gasteiger partial charge in [-0.25, -0.2) is 4.39 Å². The van der Waals surface area contributed by atoms with E-state index in [1.807, 2.05) is 4.90 Å². The molecule has 1 fully saturated rings. The predicted octanol–water partition coefficient (Wildman–Crippen LogP) is 4.41. The number of likely N-dealkylation sites (tertiary alicyclic amines) is 1. The van der Waals surface area contributed by atoms with Crippen molar-refractivity contribution in [2.75, 3.05) is 18.4 Å². The summed E-state index contributed by atoms with van der Waals surface area (Å²) in [5.41, 5.74) is 5.52. The quantitative estimate of drug-likeness (QED) is 0.705. The fraction of sp³-hybridized carbons (Fsp3) is 0.292. The third-order valence-corrected chi connectivity index (χ3v) is 6.26. The Kier molecular flexibility index (Phi) is 4.19. The highest BCUT2D eigenvalue weighted by atomic mass is 19.1. The van der Waals surface area contributed by atoms with Gasteiger partial charge >= 0.3 is 0 Å². The Hall–Kier alpha value is -3.08. The molecular weight excluding hydrogens is 365 g/mol. The van der Waals surface area contributed by atoms with Crippen LogP contribution in [0.3, 0.4) is 0 Å². The molecule has 2 aromatic carbocycles. The van der Waals surface area contributed by atoms with Crippen LogP contribution in [0.1, 0.15) is 29.7 Å². The summed E-state index contributed by atoms with van der Waals surface area (Å²) >= 11 is 0. The molecule has 1 saturated heterocycles. The number of carbonyl (C=O) groups excluding carboxylic acids is 1. The van der Waals surface area contributed by atoms with Crippen molar-refractivity contribution >= 4 is 11.6 Å². The third kappa shape index (κ3) is 3.11. The number of benzene rings is 2. The number of aromatic nitrogens is 1. The first-order chi connectivity index (χ1) is 14.0. The van der Waals surface area contributed by atoms with Crippen molar-refractivity contribution in [3.8, 4) is 5.69 Å². The summed E-state index contributed by atoms with van der Waals surface area (Å²) in [5.74, 6) is -0.170. The first-order valence-electron chi connectivity index (χ1n) is 10.1. The summed E-state index contributed by atoms with van der Waals surface area (Å²) < 4.78 is 15.4. The molecule has 2 aliphatic rings. The lowest BCUT2D eigenvalue weighted by molar-refractivity contribution is -0.132. The van der Waals surface area contributed by atoms with Crippen molar-refractivity contribution in [2.24, 2.45) is 0 Å². The second-order valence-electron chi connectivity index (χ2n) is 8.18. The van der Waals surface area contributed by atoms with Crippen LogP contribution < -0.4 is 5.32 Å². The van der Waals surface area contributed by atoms with Crippen molar-refractivity contribution in [3.05, 3.63) is 83.4 Å². The maximum Gasteiger partial charge on any atom is 0.226 e. The number of piperidine rings is 1. The van der Waals surface area contributed by atoms with Gasteiger partial charge in [-0.3, -0.25) is 4.79 Å². The van der Waals surface area contributed by atoms with Gasteiger partial charge in [0.05, 0.1) is 23.3 Å². The lowest BCUT2D eigenvalue weighted by atomic mass is 9.82. The van der Waals surface area contributed by atoms with Gasteiger partial charge in [0.15, 0.2) is 0 Å². The molecule has 0 aliphatic carbocycles. The minimum Gasteiger partial charge on any atom is -0.372 e. The van der Waals surface area contributed by atoms with E-state index >= 15 is 0 Å². The monoisotopic (exact) mass is 389 g/mol. The molecule has 2 aliphatic heterocycles. The molecule has 0 bridgehead atoms. The molecule has 4 nitrogen and oxygen atoms in total. The summed E-state index contributed by atoms with van der Waals surface area (Å²) in [6, 6.07) is 17.0. The zero-order valence-corrected chi connectivity index (χ0v) is 16.5. The maximum absolute atomic E-state index is 13.1. The fourth-order valence-corrected chi connectivity index (χ4v) is 4.67. The molecule has 1 aromatic heterocycles. The Morgan fingerprint density at radius 2 is 1.86 bits per heavy atom. The number of fused-ring (bicyclic) bond motifs is 4. The first kappa shape index (κ1) is 18.0. The maximum atomic E-state index is 13.1. The number of aryl methyl sites for hydroxylation is 1. The lowest BCUT2D eigenvalue weighted by Crippen LogP contribution is -2.51. The van der Waals surface area contributed by atoms with Gasteiger partial charge < -0.3 is 14.8 Å². The average molecular weight is 389 g/mol. The highest BCUT2D eigenvalue weighted by Gasteiger charge is 2.42. The number of nitrogens with zero attached hydrogens (tertiary/aromatic N) is 2. The van der Waals surface area contributed by atoms with Crippen molar-refractivity contribution in [1.29, 1.82) is 0 Å². The molecule has 0 radical (unpaired) electrons. The Bertz CT molecular complexity index is 1060. The summed E-state index contributed by atoms with van der Waals surface area (Å²) in [7, 11) is 0. The standard InChI is InChI=1S/C24H24FN3O/c1-17-4-9-21-20(15-17)26-24(22-3-2-12-28(21)22)10-13-27(14-11-24)23(29)16-18-5-7-19(25)8-6-18/h2-9,12,15,26H,10-11,13-14,16H2,1H3. The van der Waals surface area contributed by atoms with Crippen LogP contribution in [0.5, 0.6) is 0 Å². The van der Waals surface area contributed by atoms with Gasteiger partial charge in [-0.05, 0) is 67.3 Å². The topological polar surface area (TPSA) is 37.3 Å². The second-order valence-corrected chi connectivity index (χ2v) is 8.18. The van der Waals surface area contributed by atoms with Crippen LogP contribution in [-0.4, -0.2) is 28.5 Å². The predicted molar refractivity (Wildman–Crippen MR) is 112 cm³/mol. The highest BCUT2D eigenvalue weighted by Crippen LogP contribution is 2.43. The Labute approximate surface area is 170 Å². The highest BCUT2D eigenvalue weighted by molar-refractivity contribution is 5.79. The zero-order chi connectivity index (χ0) is 20.0. The van der Waals surface area contributed by atoms with Crippen LogP contribution in [-0.2, 0) is 16.8 Å². The third-order valence-electron chi connectivity index (χ3n) is 6.26. The van der Waals surface area contributed by atoms with Gasteiger partial charge in [0.25, 0.3) is 0 Å². The van der Waals surface area contributed by atoms with Crippen LogP contribution >= 0.6 is 0 Å². The van der Waals surface area contributed by atoms with E-state index in [1.54, 1.807) is 12.1 Å². The minimum absolute atomic E-state index is 0.105. The molecule has 0 unspecified atom stereocenters. The van der Waals surface area contributed by atoms with E-state index in [4.69, 9.17) is 0 Å².